The van der Waals surface area contributed by atoms with Gasteiger partial charge in [0.1, 0.15) is 0 Å². The van der Waals surface area contributed by atoms with Crippen LogP contribution in [0.15, 0.2) is 0 Å². The monoisotopic (exact) mass is 200 g/mol. The third-order valence-electron chi connectivity index (χ3n) is 2.98. The quantitative estimate of drug-likeness (QED) is 0.695. The lowest BCUT2D eigenvalue weighted by Crippen LogP contribution is -2.45. The fraction of sp³-hybridized carbons (Fsp3) is 0.900. The van der Waals surface area contributed by atoms with E-state index in [2.05, 4.69) is 24.2 Å². The molecule has 0 aromatic rings. The SMILES string of the molecule is CC1CC(NCCC(=O)O)CCN1C. The predicted octanol–water partition coefficient (Wildman–Crippen LogP) is 0.533. The van der Waals surface area contributed by atoms with E-state index in [1.54, 1.807) is 0 Å². The van der Waals surface area contributed by atoms with Crippen LogP contribution in [0.4, 0.5) is 0 Å². The Balaban J connectivity index is 2.16. The van der Waals surface area contributed by atoms with Gasteiger partial charge in [-0.1, -0.05) is 0 Å². The lowest BCUT2D eigenvalue weighted by atomic mass is 9.99. The van der Waals surface area contributed by atoms with Gasteiger partial charge in [-0.25, -0.2) is 0 Å². The van der Waals surface area contributed by atoms with Crippen LogP contribution in [0.2, 0.25) is 0 Å². The zero-order valence-electron chi connectivity index (χ0n) is 8.99. The summed E-state index contributed by atoms with van der Waals surface area (Å²) in [4.78, 5) is 12.7. The summed E-state index contributed by atoms with van der Waals surface area (Å²) in [7, 11) is 2.14. The Morgan fingerprint density at radius 1 is 1.64 bits per heavy atom. The number of carbonyl (C=O) groups is 1. The van der Waals surface area contributed by atoms with E-state index < -0.39 is 5.97 Å². The summed E-state index contributed by atoms with van der Waals surface area (Å²) < 4.78 is 0. The molecule has 4 nitrogen and oxygen atoms in total. The fourth-order valence-electron chi connectivity index (χ4n) is 1.86. The van der Waals surface area contributed by atoms with Crippen molar-refractivity contribution in [2.24, 2.45) is 0 Å². The molecular weight excluding hydrogens is 180 g/mol. The van der Waals surface area contributed by atoms with Gasteiger partial charge in [-0.05, 0) is 33.4 Å². The van der Waals surface area contributed by atoms with Crippen molar-refractivity contribution in [2.75, 3.05) is 20.1 Å². The first-order valence-electron chi connectivity index (χ1n) is 5.25. The van der Waals surface area contributed by atoms with Crippen molar-refractivity contribution in [3.8, 4) is 0 Å². The molecule has 0 bridgehead atoms. The minimum atomic E-state index is -0.724. The van der Waals surface area contributed by atoms with E-state index in [0.717, 1.165) is 19.4 Å². The number of nitrogens with zero attached hydrogens (tertiary/aromatic N) is 1. The van der Waals surface area contributed by atoms with Crippen molar-refractivity contribution >= 4 is 5.97 Å². The highest BCUT2D eigenvalue weighted by molar-refractivity contribution is 5.66. The molecule has 0 aliphatic carbocycles. The lowest BCUT2D eigenvalue weighted by Gasteiger charge is -2.35. The number of nitrogens with one attached hydrogen (secondary N) is 1. The van der Waals surface area contributed by atoms with Crippen LogP contribution in [-0.2, 0) is 4.79 Å². The Kier molecular flexibility index (Phi) is 4.35. The molecule has 2 unspecified atom stereocenters. The number of carboxylic acid groups (broad SMARTS) is 1. The van der Waals surface area contributed by atoms with Gasteiger partial charge in [-0.2, -0.15) is 0 Å². The fourth-order valence-corrected chi connectivity index (χ4v) is 1.86. The number of rotatable bonds is 4. The average Bonchev–Trinajstić information content (AvgIpc) is 2.10. The molecule has 2 atom stereocenters. The molecule has 2 N–H and O–H groups in total. The van der Waals surface area contributed by atoms with Crippen LogP contribution in [0.1, 0.15) is 26.2 Å². The number of piperidine rings is 1. The molecule has 0 amide bonds. The first-order valence-corrected chi connectivity index (χ1v) is 5.25. The number of likely N-dealkylation sites (tertiary alicyclic amines) is 1. The second-order valence-electron chi connectivity index (χ2n) is 4.15. The van der Waals surface area contributed by atoms with Gasteiger partial charge >= 0.3 is 5.97 Å². The van der Waals surface area contributed by atoms with E-state index in [1.165, 1.54) is 0 Å². The molecule has 0 saturated carbocycles. The third-order valence-corrected chi connectivity index (χ3v) is 2.98. The van der Waals surface area contributed by atoms with Crippen molar-refractivity contribution < 1.29 is 9.90 Å². The summed E-state index contributed by atoms with van der Waals surface area (Å²) in [5.41, 5.74) is 0. The Bertz CT molecular complexity index is 197. The van der Waals surface area contributed by atoms with E-state index in [0.29, 0.717) is 18.6 Å². The number of hydrogen-bond acceptors (Lipinski definition) is 3. The van der Waals surface area contributed by atoms with Gasteiger partial charge in [-0.15, -0.1) is 0 Å². The molecule has 1 fully saturated rings. The summed E-state index contributed by atoms with van der Waals surface area (Å²) in [5.74, 6) is -0.724. The van der Waals surface area contributed by atoms with Gasteiger partial charge in [0.05, 0.1) is 6.42 Å². The van der Waals surface area contributed by atoms with Gasteiger partial charge in [0.2, 0.25) is 0 Å². The van der Waals surface area contributed by atoms with Crippen molar-refractivity contribution in [1.29, 1.82) is 0 Å². The maximum absolute atomic E-state index is 10.3. The number of hydrogen-bond donors (Lipinski definition) is 2. The molecule has 82 valence electrons. The van der Waals surface area contributed by atoms with Crippen LogP contribution in [-0.4, -0.2) is 48.2 Å². The highest BCUT2D eigenvalue weighted by Gasteiger charge is 2.21. The van der Waals surface area contributed by atoms with Crippen LogP contribution >= 0.6 is 0 Å². The normalized spacial score (nSPS) is 29.0. The first kappa shape index (κ1) is 11.5. The van der Waals surface area contributed by atoms with E-state index in [1.807, 2.05) is 0 Å². The van der Waals surface area contributed by atoms with Gasteiger partial charge < -0.3 is 15.3 Å². The minimum Gasteiger partial charge on any atom is -0.481 e. The van der Waals surface area contributed by atoms with Crippen molar-refractivity contribution in [2.45, 2.75) is 38.3 Å². The Morgan fingerprint density at radius 2 is 2.36 bits per heavy atom. The molecule has 1 saturated heterocycles. The molecule has 1 aliphatic heterocycles. The van der Waals surface area contributed by atoms with Crippen molar-refractivity contribution in [3.63, 3.8) is 0 Å². The van der Waals surface area contributed by atoms with Crippen LogP contribution in [0, 0.1) is 0 Å². The largest absolute Gasteiger partial charge is 0.481 e. The van der Waals surface area contributed by atoms with Gasteiger partial charge in [0.25, 0.3) is 0 Å². The van der Waals surface area contributed by atoms with Crippen LogP contribution in [0.3, 0.4) is 0 Å². The van der Waals surface area contributed by atoms with E-state index in [-0.39, 0.29) is 6.42 Å². The number of carboxylic acids is 1. The predicted molar refractivity (Wildman–Crippen MR) is 55.4 cm³/mol. The van der Waals surface area contributed by atoms with Crippen LogP contribution < -0.4 is 5.32 Å². The molecule has 0 radical (unpaired) electrons. The standard InChI is InChI=1S/C10H20N2O2/c1-8-7-9(4-6-12(8)2)11-5-3-10(13)14/h8-9,11H,3-7H2,1-2H3,(H,13,14). The van der Waals surface area contributed by atoms with Gasteiger partial charge in [-0.3, -0.25) is 4.79 Å². The highest BCUT2D eigenvalue weighted by atomic mass is 16.4. The lowest BCUT2D eigenvalue weighted by molar-refractivity contribution is -0.136. The first-order chi connectivity index (χ1) is 6.59. The zero-order valence-corrected chi connectivity index (χ0v) is 8.99. The maximum atomic E-state index is 10.3. The van der Waals surface area contributed by atoms with E-state index in [9.17, 15) is 4.79 Å². The van der Waals surface area contributed by atoms with Gasteiger partial charge in [0, 0.05) is 18.6 Å². The molecule has 0 aromatic carbocycles. The second-order valence-corrected chi connectivity index (χ2v) is 4.15. The topological polar surface area (TPSA) is 52.6 Å². The van der Waals surface area contributed by atoms with Crippen molar-refractivity contribution in [1.82, 2.24) is 10.2 Å². The van der Waals surface area contributed by atoms with E-state index in [4.69, 9.17) is 5.11 Å². The number of aliphatic carboxylic acids is 1. The smallest absolute Gasteiger partial charge is 0.304 e. The summed E-state index contributed by atoms with van der Waals surface area (Å²) in [6.45, 7) is 3.91. The minimum absolute atomic E-state index is 0.223. The maximum Gasteiger partial charge on any atom is 0.304 e. The Labute approximate surface area is 85.3 Å². The van der Waals surface area contributed by atoms with Gasteiger partial charge in [0.15, 0.2) is 0 Å². The molecule has 1 aliphatic rings. The van der Waals surface area contributed by atoms with Crippen LogP contribution in [0.25, 0.3) is 0 Å². The average molecular weight is 200 g/mol. The molecule has 4 heteroatoms. The summed E-state index contributed by atoms with van der Waals surface area (Å²) in [6, 6.07) is 1.10. The second kappa shape index (κ2) is 5.32. The summed E-state index contributed by atoms with van der Waals surface area (Å²) in [6.07, 6.45) is 2.47. The molecule has 1 rings (SSSR count). The van der Waals surface area contributed by atoms with E-state index >= 15 is 0 Å². The molecule has 0 aromatic heterocycles. The highest BCUT2D eigenvalue weighted by Crippen LogP contribution is 2.14. The van der Waals surface area contributed by atoms with Crippen molar-refractivity contribution in [3.05, 3.63) is 0 Å². The summed E-state index contributed by atoms with van der Waals surface area (Å²) in [5, 5.41) is 11.8. The third kappa shape index (κ3) is 3.64. The molecular formula is C10H20N2O2. The molecule has 0 spiro atoms. The van der Waals surface area contributed by atoms with Crippen LogP contribution in [0.5, 0.6) is 0 Å². The zero-order chi connectivity index (χ0) is 10.6. The Morgan fingerprint density at radius 3 is 2.93 bits per heavy atom. The Hall–Kier alpha value is -0.610. The summed E-state index contributed by atoms with van der Waals surface area (Å²) >= 11 is 0. The molecule has 1 heterocycles. The molecule has 14 heavy (non-hydrogen) atoms.